The molecule has 0 bridgehead atoms. The maximum atomic E-state index is 5.29. The van der Waals surface area contributed by atoms with Crippen molar-refractivity contribution in [3.63, 3.8) is 0 Å². The van der Waals surface area contributed by atoms with Crippen molar-refractivity contribution in [1.29, 1.82) is 0 Å². The third-order valence-electron chi connectivity index (χ3n) is 4.76. The van der Waals surface area contributed by atoms with Gasteiger partial charge in [0.25, 0.3) is 0 Å². The molecule has 3 heterocycles. The number of aryl methyl sites for hydroxylation is 2. The maximum Gasteiger partial charge on any atom is 0.193 e. The number of thiophene rings is 1. The first-order chi connectivity index (χ1) is 12.1. The normalized spacial score (nSPS) is 17.0. The minimum Gasteiger partial charge on any atom is -0.361 e. The van der Waals surface area contributed by atoms with Crippen molar-refractivity contribution in [3.8, 4) is 0 Å². The van der Waals surface area contributed by atoms with Crippen molar-refractivity contribution in [2.45, 2.75) is 26.7 Å². The van der Waals surface area contributed by atoms with Crippen LogP contribution in [-0.4, -0.2) is 55.8 Å². The molecule has 1 N–H and O–H groups in total. The molecule has 0 spiro atoms. The lowest BCUT2D eigenvalue weighted by atomic mass is 10.00. The van der Waals surface area contributed by atoms with E-state index in [-0.39, 0.29) is 0 Å². The average Bonchev–Trinajstić information content (AvgIpc) is 3.26. The first-order valence-electron chi connectivity index (χ1n) is 8.77. The molecule has 0 radical (unpaired) electrons. The number of piperazine rings is 1. The molecule has 1 unspecified atom stereocenters. The van der Waals surface area contributed by atoms with Gasteiger partial charge in [0.1, 0.15) is 5.76 Å². The first-order valence-corrected chi connectivity index (χ1v) is 9.65. The van der Waals surface area contributed by atoms with E-state index in [4.69, 9.17) is 4.52 Å². The Morgan fingerprint density at radius 1 is 1.36 bits per heavy atom. The van der Waals surface area contributed by atoms with Crippen molar-refractivity contribution in [3.05, 3.63) is 34.5 Å². The highest BCUT2D eigenvalue weighted by atomic mass is 32.1. The van der Waals surface area contributed by atoms with Crippen LogP contribution in [0.1, 0.15) is 29.9 Å². The van der Waals surface area contributed by atoms with Crippen molar-refractivity contribution < 1.29 is 4.52 Å². The number of nitrogens with one attached hydrogen (secondary N) is 1. The SMILES string of the molecule is CN=C(NCC(C)c1c(C)noc1C)N1CCN(c2cccs2)CC1. The second-order valence-electron chi connectivity index (χ2n) is 6.49. The Bertz CT molecular complexity index is 682. The molecule has 1 aliphatic heterocycles. The van der Waals surface area contributed by atoms with Crippen molar-refractivity contribution in [1.82, 2.24) is 15.4 Å². The van der Waals surface area contributed by atoms with Crippen LogP contribution < -0.4 is 10.2 Å². The minimum absolute atomic E-state index is 0.329. The van der Waals surface area contributed by atoms with Crippen LogP contribution in [0.2, 0.25) is 0 Å². The molecule has 1 fully saturated rings. The second kappa shape index (κ2) is 7.91. The zero-order valence-corrected chi connectivity index (χ0v) is 16.3. The van der Waals surface area contributed by atoms with Crippen LogP contribution in [0.15, 0.2) is 27.0 Å². The third-order valence-corrected chi connectivity index (χ3v) is 5.69. The van der Waals surface area contributed by atoms with E-state index < -0.39 is 0 Å². The molecule has 7 heteroatoms. The molecule has 1 saturated heterocycles. The summed E-state index contributed by atoms with van der Waals surface area (Å²) in [6.07, 6.45) is 0. The van der Waals surface area contributed by atoms with Gasteiger partial charge in [-0.2, -0.15) is 0 Å². The molecule has 6 nitrogen and oxygen atoms in total. The number of nitrogens with zero attached hydrogens (tertiary/aromatic N) is 4. The quantitative estimate of drug-likeness (QED) is 0.670. The largest absolute Gasteiger partial charge is 0.361 e. The molecule has 1 atom stereocenters. The zero-order valence-electron chi connectivity index (χ0n) is 15.5. The molecule has 0 saturated carbocycles. The summed E-state index contributed by atoms with van der Waals surface area (Å²) in [5, 5.41) is 11.1. The Balaban J connectivity index is 1.53. The van der Waals surface area contributed by atoms with Crippen molar-refractivity contribution in [2.75, 3.05) is 44.7 Å². The predicted octanol–water partition coefficient (Wildman–Crippen LogP) is 2.85. The summed E-state index contributed by atoms with van der Waals surface area (Å²) in [6.45, 7) is 11.0. The van der Waals surface area contributed by atoms with E-state index >= 15 is 0 Å². The Kier molecular flexibility index (Phi) is 5.63. The predicted molar refractivity (Wildman–Crippen MR) is 104 cm³/mol. The molecule has 2 aromatic rings. The van der Waals surface area contributed by atoms with Gasteiger partial charge in [0, 0.05) is 51.3 Å². The zero-order chi connectivity index (χ0) is 17.8. The molecule has 0 amide bonds. The standard InChI is InChI=1S/C18H27N5OS/c1-13(17-14(2)21-24-15(17)3)12-20-18(19-4)23-9-7-22(8-10-23)16-6-5-11-25-16/h5-6,11,13H,7-10,12H2,1-4H3,(H,19,20). The maximum absolute atomic E-state index is 5.29. The molecule has 136 valence electrons. The highest BCUT2D eigenvalue weighted by molar-refractivity contribution is 7.14. The van der Waals surface area contributed by atoms with Gasteiger partial charge in [0.05, 0.1) is 10.7 Å². The van der Waals surface area contributed by atoms with E-state index in [1.165, 1.54) is 10.6 Å². The fourth-order valence-corrected chi connectivity index (χ4v) is 4.25. The van der Waals surface area contributed by atoms with Gasteiger partial charge in [-0.3, -0.25) is 4.99 Å². The van der Waals surface area contributed by atoms with Gasteiger partial charge in [-0.05, 0) is 31.4 Å². The van der Waals surface area contributed by atoms with E-state index in [2.05, 4.69) is 49.7 Å². The molecule has 1 aliphatic rings. The summed E-state index contributed by atoms with van der Waals surface area (Å²) in [5.41, 5.74) is 2.18. The minimum atomic E-state index is 0.329. The van der Waals surface area contributed by atoms with E-state index in [9.17, 15) is 0 Å². The van der Waals surface area contributed by atoms with Gasteiger partial charge >= 0.3 is 0 Å². The summed E-state index contributed by atoms with van der Waals surface area (Å²) in [7, 11) is 1.86. The molecular formula is C18H27N5OS. The molecule has 0 aromatic carbocycles. The van der Waals surface area contributed by atoms with Crippen LogP contribution in [0, 0.1) is 13.8 Å². The van der Waals surface area contributed by atoms with Gasteiger partial charge in [-0.1, -0.05) is 12.1 Å². The number of hydrogen-bond donors (Lipinski definition) is 1. The fraction of sp³-hybridized carbons (Fsp3) is 0.556. The monoisotopic (exact) mass is 361 g/mol. The Hall–Kier alpha value is -2.02. The van der Waals surface area contributed by atoms with Crippen LogP contribution in [0.4, 0.5) is 5.00 Å². The third kappa shape index (κ3) is 3.98. The van der Waals surface area contributed by atoms with Crippen LogP contribution in [-0.2, 0) is 0 Å². The number of anilines is 1. The molecule has 0 aliphatic carbocycles. The average molecular weight is 362 g/mol. The summed E-state index contributed by atoms with van der Waals surface area (Å²) < 4.78 is 5.29. The summed E-state index contributed by atoms with van der Waals surface area (Å²) >= 11 is 1.81. The Labute approximate surface area is 153 Å². The number of aliphatic imine (C=N–C) groups is 1. The molecule has 25 heavy (non-hydrogen) atoms. The van der Waals surface area contributed by atoms with E-state index in [0.717, 1.165) is 50.1 Å². The highest BCUT2D eigenvalue weighted by Crippen LogP contribution is 2.23. The van der Waals surface area contributed by atoms with E-state index in [0.29, 0.717) is 5.92 Å². The van der Waals surface area contributed by atoms with Crippen LogP contribution in [0.25, 0.3) is 0 Å². The van der Waals surface area contributed by atoms with Gasteiger partial charge in [0.15, 0.2) is 5.96 Å². The first kappa shape index (κ1) is 17.8. The molecular weight excluding hydrogens is 334 g/mol. The number of aromatic nitrogens is 1. The number of hydrogen-bond acceptors (Lipinski definition) is 5. The van der Waals surface area contributed by atoms with Crippen LogP contribution >= 0.6 is 11.3 Å². The fourth-order valence-electron chi connectivity index (χ4n) is 3.46. The topological polar surface area (TPSA) is 56.9 Å². The summed E-state index contributed by atoms with van der Waals surface area (Å²) in [6, 6.07) is 4.31. The van der Waals surface area contributed by atoms with Crippen molar-refractivity contribution in [2.24, 2.45) is 4.99 Å². The van der Waals surface area contributed by atoms with E-state index in [1.54, 1.807) is 11.3 Å². The lowest BCUT2D eigenvalue weighted by Gasteiger charge is -2.37. The number of rotatable bonds is 4. The van der Waals surface area contributed by atoms with Gasteiger partial charge in [-0.15, -0.1) is 11.3 Å². The van der Waals surface area contributed by atoms with Gasteiger partial charge in [0.2, 0.25) is 0 Å². The van der Waals surface area contributed by atoms with Crippen LogP contribution in [0.3, 0.4) is 0 Å². The van der Waals surface area contributed by atoms with Gasteiger partial charge in [-0.25, -0.2) is 0 Å². The Morgan fingerprint density at radius 2 is 2.12 bits per heavy atom. The van der Waals surface area contributed by atoms with E-state index in [1.807, 2.05) is 20.9 Å². The Morgan fingerprint density at radius 3 is 2.68 bits per heavy atom. The van der Waals surface area contributed by atoms with Crippen molar-refractivity contribution >= 4 is 22.3 Å². The molecule has 3 rings (SSSR count). The lowest BCUT2D eigenvalue weighted by molar-refractivity contribution is 0.372. The lowest BCUT2D eigenvalue weighted by Crippen LogP contribution is -2.52. The van der Waals surface area contributed by atoms with Gasteiger partial charge < -0.3 is 19.6 Å². The molecule has 2 aromatic heterocycles. The summed E-state index contributed by atoms with van der Waals surface area (Å²) in [5.74, 6) is 2.21. The second-order valence-corrected chi connectivity index (χ2v) is 7.42. The van der Waals surface area contributed by atoms with Crippen LogP contribution in [0.5, 0.6) is 0 Å². The summed E-state index contributed by atoms with van der Waals surface area (Å²) in [4.78, 5) is 9.26. The smallest absolute Gasteiger partial charge is 0.193 e. The number of guanidine groups is 1. The highest BCUT2D eigenvalue weighted by Gasteiger charge is 2.22.